The molecule has 2 heteroatoms. The van der Waals surface area contributed by atoms with Crippen LogP contribution in [0.2, 0.25) is 0 Å². The predicted octanol–water partition coefficient (Wildman–Crippen LogP) is 2.94. The van der Waals surface area contributed by atoms with E-state index in [-0.39, 0.29) is 0 Å². The molecule has 2 aromatic rings. The topological polar surface area (TPSA) is 41.8 Å². The standard InChI is InChI=1S/C12H14N2/c1-7-10(13)4-5-11-12(7)9(6-14-11)8-2-3-8/h4-6,8,14H,2-3,13H2,1H3. The number of anilines is 1. The molecule has 1 aromatic heterocycles. The number of nitrogen functional groups attached to an aromatic ring is 1. The molecule has 1 heterocycles. The first kappa shape index (κ1) is 7.92. The molecule has 0 radical (unpaired) electrons. The van der Waals surface area contributed by atoms with E-state index in [0.717, 1.165) is 11.6 Å². The van der Waals surface area contributed by atoms with E-state index >= 15 is 0 Å². The maximum Gasteiger partial charge on any atom is 0.0461 e. The van der Waals surface area contributed by atoms with Crippen molar-refractivity contribution in [2.24, 2.45) is 0 Å². The zero-order valence-electron chi connectivity index (χ0n) is 8.30. The van der Waals surface area contributed by atoms with Crippen LogP contribution in [0.25, 0.3) is 10.9 Å². The van der Waals surface area contributed by atoms with Crippen LogP contribution in [0.3, 0.4) is 0 Å². The van der Waals surface area contributed by atoms with Crippen LogP contribution in [0.5, 0.6) is 0 Å². The quantitative estimate of drug-likeness (QED) is 0.660. The molecule has 0 aliphatic heterocycles. The highest BCUT2D eigenvalue weighted by Crippen LogP contribution is 2.44. The lowest BCUT2D eigenvalue weighted by Crippen LogP contribution is -1.90. The second-order valence-corrected chi connectivity index (χ2v) is 4.22. The Morgan fingerprint density at radius 1 is 1.36 bits per heavy atom. The minimum atomic E-state index is 0.782. The zero-order chi connectivity index (χ0) is 9.71. The van der Waals surface area contributed by atoms with Crippen molar-refractivity contribution in [1.29, 1.82) is 0 Å². The largest absolute Gasteiger partial charge is 0.398 e. The van der Waals surface area contributed by atoms with E-state index in [2.05, 4.69) is 24.2 Å². The van der Waals surface area contributed by atoms with E-state index in [4.69, 9.17) is 5.73 Å². The minimum Gasteiger partial charge on any atom is -0.398 e. The smallest absolute Gasteiger partial charge is 0.0461 e. The minimum absolute atomic E-state index is 0.782. The number of aromatic nitrogens is 1. The van der Waals surface area contributed by atoms with Crippen molar-refractivity contribution >= 4 is 16.6 Å². The number of rotatable bonds is 1. The summed E-state index contributed by atoms with van der Waals surface area (Å²) in [5, 5.41) is 1.35. The third-order valence-electron chi connectivity index (χ3n) is 3.20. The predicted molar refractivity (Wildman–Crippen MR) is 59.4 cm³/mol. The van der Waals surface area contributed by atoms with Crippen molar-refractivity contribution < 1.29 is 0 Å². The summed E-state index contributed by atoms with van der Waals surface area (Å²) in [5.74, 6) is 0.782. The molecule has 2 nitrogen and oxygen atoms in total. The maximum absolute atomic E-state index is 5.92. The Hall–Kier alpha value is -1.44. The number of aromatic amines is 1. The lowest BCUT2D eigenvalue weighted by atomic mass is 10.0. The summed E-state index contributed by atoms with van der Waals surface area (Å²) >= 11 is 0. The van der Waals surface area contributed by atoms with Crippen LogP contribution in [0.4, 0.5) is 5.69 Å². The Kier molecular flexibility index (Phi) is 1.43. The molecule has 1 aliphatic rings. The molecular formula is C12H14N2. The molecule has 0 bridgehead atoms. The second kappa shape index (κ2) is 2.53. The summed E-state index contributed by atoms with van der Waals surface area (Å²) in [6.07, 6.45) is 4.82. The Labute approximate surface area is 83.1 Å². The van der Waals surface area contributed by atoms with Crippen LogP contribution < -0.4 is 5.73 Å². The number of fused-ring (bicyclic) bond motifs is 1. The summed E-state index contributed by atoms with van der Waals surface area (Å²) in [7, 11) is 0. The van der Waals surface area contributed by atoms with Gasteiger partial charge in [0.05, 0.1) is 0 Å². The summed E-state index contributed by atoms with van der Waals surface area (Å²) in [6.45, 7) is 2.11. The average molecular weight is 186 g/mol. The fourth-order valence-electron chi connectivity index (χ4n) is 2.16. The van der Waals surface area contributed by atoms with Crippen molar-refractivity contribution in [3.8, 4) is 0 Å². The maximum atomic E-state index is 5.92. The number of benzene rings is 1. The average Bonchev–Trinajstić information content (AvgIpc) is 2.93. The first-order valence-corrected chi connectivity index (χ1v) is 5.13. The monoisotopic (exact) mass is 186 g/mol. The van der Waals surface area contributed by atoms with Crippen molar-refractivity contribution in [3.63, 3.8) is 0 Å². The lowest BCUT2D eigenvalue weighted by Gasteiger charge is -2.03. The van der Waals surface area contributed by atoms with Gasteiger partial charge in [0.15, 0.2) is 0 Å². The van der Waals surface area contributed by atoms with Crippen molar-refractivity contribution in [3.05, 3.63) is 29.5 Å². The van der Waals surface area contributed by atoms with Crippen LogP contribution in [0.1, 0.15) is 29.9 Å². The Morgan fingerprint density at radius 3 is 2.86 bits per heavy atom. The van der Waals surface area contributed by atoms with Gasteiger partial charge in [0.1, 0.15) is 0 Å². The number of nitrogens with one attached hydrogen (secondary N) is 1. The third-order valence-corrected chi connectivity index (χ3v) is 3.20. The Balaban J connectivity index is 2.36. The van der Waals surface area contributed by atoms with E-state index in [9.17, 15) is 0 Å². The van der Waals surface area contributed by atoms with Gasteiger partial charge in [-0.15, -0.1) is 0 Å². The second-order valence-electron chi connectivity index (χ2n) is 4.22. The summed E-state index contributed by atoms with van der Waals surface area (Å²) < 4.78 is 0. The van der Waals surface area contributed by atoms with E-state index in [0.29, 0.717) is 0 Å². The van der Waals surface area contributed by atoms with E-state index in [1.807, 2.05) is 6.07 Å². The molecule has 1 fully saturated rings. The fourth-order valence-corrected chi connectivity index (χ4v) is 2.16. The van der Waals surface area contributed by atoms with Crippen LogP contribution >= 0.6 is 0 Å². The van der Waals surface area contributed by atoms with E-state index in [1.165, 1.54) is 34.9 Å². The van der Waals surface area contributed by atoms with Gasteiger partial charge in [0, 0.05) is 22.8 Å². The lowest BCUT2D eigenvalue weighted by molar-refractivity contribution is 1.14. The van der Waals surface area contributed by atoms with Gasteiger partial charge in [0.25, 0.3) is 0 Å². The molecule has 3 N–H and O–H groups in total. The van der Waals surface area contributed by atoms with Crippen molar-refractivity contribution in [2.45, 2.75) is 25.7 Å². The Morgan fingerprint density at radius 2 is 2.14 bits per heavy atom. The highest BCUT2D eigenvalue weighted by Gasteiger charge is 2.26. The normalized spacial score (nSPS) is 16.4. The highest BCUT2D eigenvalue weighted by molar-refractivity contribution is 5.90. The van der Waals surface area contributed by atoms with Gasteiger partial charge in [-0.1, -0.05) is 0 Å². The Bertz CT molecular complexity index is 492. The van der Waals surface area contributed by atoms with Crippen LogP contribution in [0, 0.1) is 6.92 Å². The molecule has 0 spiro atoms. The number of hydrogen-bond donors (Lipinski definition) is 2. The van der Waals surface area contributed by atoms with Gasteiger partial charge in [-0.3, -0.25) is 0 Å². The molecular weight excluding hydrogens is 172 g/mol. The van der Waals surface area contributed by atoms with Gasteiger partial charge in [-0.25, -0.2) is 0 Å². The van der Waals surface area contributed by atoms with Gasteiger partial charge < -0.3 is 10.7 Å². The number of hydrogen-bond acceptors (Lipinski definition) is 1. The molecule has 14 heavy (non-hydrogen) atoms. The molecule has 0 saturated heterocycles. The van der Waals surface area contributed by atoms with E-state index in [1.54, 1.807) is 0 Å². The molecule has 0 amide bonds. The van der Waals surface area contributed by atoms with E-state index < -0.39 is 0 Å². The molecule has 72 valence electrons. The summed E-state index contributed by atoms with van der Waals surface area (Å²) in [6, 6.07) is 4.05. The van der Waals surface area contributed by atoms with Gasteiger partial charge >= 0.3 is 0 Å². The number of H-pyrrole nitrogens is 1. The molecule has 0 atom stereocenters. The highest BCUT2D eigenvalue weighted by atomic mass is 14.7. The van der Waals surface area contributed by atoms with Gasteiger partial charge in [-0.05, 0) is 48.9 Å². The molecule has 1 saturated carbocycles. The molecule has 1 aromatic carbocycles. The molecule has 1 aliphatic carbocycles. The van der Waals surface area contributed by atoms with Crippen LogP contribution in [-0.2, 0) is 0 Å². The number of aryl methyl sites for hydroxylation is 1. The zero-order valence-corrected chi connectivity index (χ0v) is 8.30. The summed E-state index contributed by atoms with van der Waals surface area (Å²) in [4.78, 5) is 3.32. The van der Waals surface area contributed by atoms with Crippen LogP contribution in [0.15, 0.2) is 18.3 Å². The molecule has 0 unspecified atom stereocenters. The first-order chi connectivity index (χ1) is 6.77. The van der Waals surface area contributed by atoms with Crippen molar-refractivity contribution in [2.75, 3.05) is 5.73 Å². The fraction of sp³-hybridized carbons (Fsp3) is 0.333. The van der Waals surface area contributed by atoms with Crippen LogP contribution in [-0.4, -0.2) is 4.98 Å². The molecule has 3 rings (SSSR count). The van der Waals surface area contributed by atoms with Crippen molar-refractivity contribution in [1.82, 2.24) is 4.98 Å². The van der Waals surface area contributed by atoms with Gasteiger partial charge in [-0.2, -0.15) is 0 Å². The summed E-state index contributed by atoms with van der Waals surface area (Å²) in [5.41, 5.74) is 10.7. The number of nitrogens with two attached hydrogens (primary N) is 1. The third kappa shape index (κ3) is 0.969. The van der Waals surface area contributed by atoms with Gasteiger partial charge in [0.2, 0.25) is 0 Å². The SMILES string of the molecule is Cc1c(N)ccc2[nH]cc(C3CC3)c12. The first-order valence-electron chi connectivity index (χ1n) is 5.13.